The number of rotatable bonds is 3. The lowest BCUT2D eigenvalue weighted by atomic mass is 9.73. The zero-order valence-corrected chi connectivity index (χ0v) is 11.1. The summed E-state index contributed by atoms with van der Waals surface area (Å²) >= 11 is 0. The van der Waals surface area contributed by atoms with Crippen LogP contribution in [0.4, 0.5) is 0 Å². The Morgan fingerprint density at radius 3 is 2.53 bits per heavy atom. The molecule has 1 saturated carbocycles. The van der Waals surface area contributed by atoms with Gasteiger partial charge in [0.2, 0.25) is 0 Å². The minimum absolute atomic E-state index is 0.00455. The molecule has 1 aliphatic rings. The number of para-hydroxylation sites is 1. The molecular weight excluding hydrogens is 236 g/mol. The van der Waals surface area contributed by atoms with Gasteiger partial charge in [-0.05, 0) is 25.0 Å². The second-order valence-electron chi connectivity index (χ2n) is 5.41. The van der Waals surface area contributed by atoms with E-state index in [0.29, 0.717) is 6.54 Å². The van der Waals surface area contributed by atoms with E-state index >= 15 is 0 Å². The van der Waals surface area contributed by atoms with Crippen molar-refractivity contribution in [2.75, 3.05) is 6.54 Å². The van der Waals surface area contributed by atoms with Gasteiger partial charge in [-0.15, -0.1) is 10.2 Å². The smallest absolute Gasteiger partial charge is 0.144 e. The average Bonchev–Trinajstić information content (AvgIpc) is 2.99. The lowest BCUT2D eigenvalue weighted by molar-refractivity contribution is 0.282. The fraction of sp³-hybridized carbons (Fsp3) is 0.467. The first-order chi connectivity index (χ1) is 9.36. The summed E-state index contributed by atoms with van der Waals surface area (Å²) in [5, 5.41) is 8.52. The van der Waals surface area contributed by atoms with Gasteiger partial charge in [0.05, 0.1) is 0 Å². The predicted octanol–water partition coefficient (Wildman–Crippen LogP) is 2.43. The zero-order chi connectivity index (χ0) is 13.1. The van der Waals surface area contributed by atoms with E-state index in [2.05, 4.69) is 26.9 Å². The Balaban J connectivity index is 2.04. The number of nitrogens with two attached hydrogens (primary N) is 1. The molecule has 0 radical (unpaired) electrons. The molecule has 4 heteroatoms. The van der Waals surface area contributed by atoms with Gasteiger partial charge in [-0.2, -0.15) is 0 Å². The largest absolute Gasteiger partial charge is 0.329 e. The van der Waals surface area contributed by atoms with Gasteiger partial charge < -0.3 is 5.73 Å². The maximum Gasteiger partial charge on any atom is 0.144 e. The summed E-state index contributed by atoms with van der Waals surface area (Å²) in [5.74, 6) is 1.03. The van der Waals surface area contributed by atoms with Crippen molar-refractivity contribution in [2.45, 2.75) is 37.5 Å². The van der Waals surface area contributed by atoms with E-state index in [4.69, 9.17) is 5.73 Å². The molecule has 1 aromatic carbocycles. The molecule has 0 unspecified atom stereocenters. The summed E-state index contributed by atoms with van der Waals surface area (Å²) in [7, 11) is 0. The summed E-state index contributed by atoms with van der Waals surface area (Å²) in [6.45, 7) is 0.651. The fourth-order valence-electron chi connectivity index (χ4n) is 3.12. The second kappa shape index (κ2) is 5.13. The van der Waals surface area contributed by atoms with Gasteiger partial charge in [0.1, 0.15) is 12.2 Å². The second-order valence-corrected chi connectivity index (χ2v) is 5.41. The topological polar surface area (TPSA) is 56.7 Å². The Morgan fingerprint density at radius 2 is 1.84 bits per heavy atom. The molecule has 4 nitrogen and oxygen atoms in total. The number of hydrogen-bond donors (Lipinski definition) is 1. The first kappa shape index (κ1) is 12.4. The Labute approximate surface area is 113 Å². The maximum atomic E-state index is 6.10. The van der Waals surface area contributed by atoms with Crippen LogP contribution in [0.25, 0.3) is 5.69 Å². The number of aromatic nitrogens is 3. The first-order valence-electron chi connectivity index (χ1n) is 7.02. The van der Waals surface area contributed by atoms with E-state index in [-0.39, 0.29) is 5.41 Å². The van der Waals surface area contributed by atoms with Crippen LogP contribution in [0.5, 0.6) is 0 Å². The quantitative estimate of drug-likeness (QED) is 0.917. The number of hydrogen-bond acceptors (Lipinski definition) is 3. The third-order valence-corrected chi connectivity index (χ3v) is 4.26. The molecule has 19 heavy (non-hydrogen) atoms. The minimum atomic E-state index is 0.00455. The van der Waals surface area contributed by atoms with Crippen molar-refractivity contribution in [1.29, 1.82) is 0 Å². The van der Waals surface area contributed by atoms with Crippen LogP contribution in [-0.4, -0.2) is 21.3 Å². The van der Waals surface area contributed by atoms with Crippen molar-refractivity contribution in [2.24, 2.45) is 5.73 Å². The Morgan fingerprint density at radius 1 is 1.11 bits per heavy atom. The SMILES string of the molecule is NCC1(c2nncn2-c2ccccc2)CCCCC1. The summed E-state index contributed by atoms with van der Waals surface area (Å²) in [4.78, 5) is 0. The molecule has 0 saturated heterocycles. The van der Waals surface area contributed by atoms with Crippen LogP contribution in [0.2, 0.25) is 0 Å². The molecule has 0 bridgehead atoms. The van der Waals surface area contributed by atoms with Crippen LogP contribution < -0.4 is 5.73 Å². The predicted molar refractivity (Wildman–Crippen MR) is 75.2 cm³/mol. The number of benzene rings is 1. The Bertz CT molecular complexity index is 526. The van der Waals surface area contributed by atoms with Crippen LogP contribution in [0, 0.1) is 0 Å². The van der Waals surface area contributed by atoms with E-state index in [1.165, 1.54) is 19.3 Å². The molecule has 1 fully saturated rings. The molecule has 100 valence electrons. The molecule has 1 aromatic heterocycles. The fourth-order valence-corrected chi connectivity index (χ4v) is 3.12. The van der Waals surface area contributed by atoms with Crippen LogP contribution in [0.3, 0.4) is 0 Å². The van der Waals surface area contributed by atoms with Crippen LogP contribution >= 0.6 is 0 Å². The third kappa shape index (κ3) is 2.16. The van der Waals surface area contributed by atoms with Crippen molar-refractivity contribution >= 4 is 0 Å². The summed E-state index contributed by atoms with van der Waals surface area (Å²) in [6.07, 6.45) is 7.82. The van der Waals surface area contributed by atoms with Crippen molar-refractivity contribution < 1.29 is 0 Å². The summed E-state index contributed by atoms with van der Waals surface area (Å²) < 4.78 is 2.10. The molecule has 0 atom stereocenters. The summed E-state index contributed by atoms with van der Waals surface area (Å²) in [5.41, 5.74) is 7.21. The molecule has 0 amide bonds. The van der Waals surface area contributed by atoms with Gasteiger partial charge in [0, 0.05) is 17.6 Å². The van der Waals surface area contributed by atoms with E-state index in [1.54, 1.807) is 6.33 Å². The van der Waals surface area contributed by atoms with Crippen molar-refractivity contribution in [3.63, 3.8) is 0 Å². The van der Waals surface area contributed by atoms with Crippen LogP contribution in [0.1, 0.15) is 37.9 Å². The summed E-state index contributed by atoms with van der Waals surface area (Å²) in [6, 6.07) is 10.3. The normalized spacial score (nSPS) is 18.4. The molecular formula is C15H20N4. The van der Waals surface area contributed by atoms with E-state index in [1.807, 2.05) is 18.2 Å². The average molecular weight is 256 g/mol. The first-order valence-corrected chi connectivity index (χ1v) is 7.02. The van der Waals surface area contributed by atoms with Gasteiger partial charge in [0.25, 0.3) is 0 Å². The monoisotopic (exact) mass is 256 g/mol. The molecule has 0 aliphatic heterocycles. The molecule has 1 heterocycles. The van der Waals surface area contributed by atoms with Gasteiger partial charge >= 0.3 is 0 Å². The van der Waals surface area contributed by atoms with Crippen molar-refractivity contribution in [3.05, 3.63) is 42.5 Å². The van der Waals surface area contributed by atoms with Crippen LogP contribution in [0.15, 0.2) is 36.7 Å². The van der Waals surface area contributed by atoms with E-state index in [9.17, 15) is 0 Å². The number of nitrogens with zero attached hydrogens (tertiary/aromatic N) is 3. The molecule has 1 aliphatic carbocycles. The van der Waals surface area contributed by atoms with Crippen LogP contribution in [-0.2, 0) is 5.41 Å². The minimum Gasteiger partial charge on any atom is -0.329 e. The highest BCUT2D eigenvalue weighted by Crippen LogP contribution is 2.38. The van der Waals surface area contributed by atoms with Gasteiger partial charge in [-0.25, -0.2) is 0 Å². The molecule has 2 aromatic rings. The van der Waals surface area contributed by atoms with Gasteiger partial charge in [-0.3, -0.25) is 4.57 Å². The third-order valence-electron chi connectivity index (χ3n) is 4.26. The van der Waals surface area contributed by atoms with Crippen molar-refractivity contribution in [3.8, 4) is 5.69 Å². The Kier molecular flexibility index (Phi) is 3.34. The van der Waals surface area contributed by atoms with E-state index < -0.39 is 0 Å². The maximum absolute atomic E-state index is 6.10. The van der Waals surface area contributed by atoms with Gasteiger partial charge in [0.15, 0.2) is 0 Å². The van der Waals surface area contributed by atoms with E-state index in [0.717, 1.165) is 24.4 Å². The lowest BCUT2D eigenvalue weighted by Gasteiger charge is -2.35. The standard InChI is InChI=1S/C15H20N4/c16-11-15(9-5-2-6-10-15)14-18-17-12-19(14)13-7-3-1-4-8-13/h1,3-4,7-8,12H,2,5-6,9-11,16H2. The molecule has 2 N–H and O–H groups in total. The van der Waals surface area contributed by atoms with Crippen molar-refractivity contribution in [1.82, 2.24) is 14.8 Å². The molecule has 0 spiro atoms. The Hall–Kier alpha value is -1.68. The molecule has 3 rings (SSSR count). The lowest BCUT2D eigenvalue weighted by Crippen LogP contribution is -2.39. The highest BCUT2D eigenvalue weighted by Gasteiger charge is 2.37. The zero-order valence-electron chi connectivity index (χ0n) is 11.1. The highest BCUT2D eigenvalue weighted by atomic mass is 15.3. The van der Waals surface area contributed by atoms with Gasteiger partial charge in [-0.1, -0.05) is 37.5 Å². The highest BCUT2D eigenvalue weighted by molar-refractivity contribution is 5.34.